The zero-order valence-electron chi connectivity index (χ0n) is 9.84. The third-order valence-electron chi connectivity index (χ3n) is 2.40. The van der Waals surface area contributed by atoms with E-state index >= 15 is 0 Å². The van der Waals surface area contributed by atoms with Gasteiger partial charge in [0.15, 0.2) is 0 Å². The summed E-state index contributed by atoms with van der Waals surface area (Å²) in [6.07, 6.45) is -4.79. The summed E-state index contributed by atoms with van der Waals surface area (Å²) in [5.41, 5.74) is -1.24. The smallest absolute Gasteiger partial charge is 0.417 e. The van der Waals surface area contributed by atoms with Crippen LogP contribution in [-0.2, 0) is 27.5 Å². The number of benzene rings is 1. The molecule has 0 heterocycles. The molecule has 0 aliphatic rings. The Balaban J connectivity index is 3.38. The Bertz CT molecular complexity index is 535. The van der Waals surface area contributed by atoms with Gasteiger partial charge in [-0.05, 0) is 17.2 Å². The van der Waals surface area contributed by atoms with Crippen LogP contribution in [0.15, 0.2) is 12.1 Å². The lowest BCUT2D eigenvalue weighted by atomic mass is 9.97. The molecule has 0 aliphatic heterocycles. The fourth-order valence-corrected chi connectivity index (χ4v) is 2.08. The quantitative estimate of drug-likeness (QED) is 0.629. The molecular formula is C12H9BrF3NO2. The number of nitrogens with zero attached hydrogens (tertiary/aromatic N) is 1. The molecule has 102 valence electrons. The molecule has 0 bridgehead atoms. The van der Waals surface area contributed by atoms with E-state index in [1.807, 2.05) is 0 Å². The number of nitriles is 1. The van der Waals surface area contributed by atoms with E-state index in [1.165, 1.54) is 19.2 Å². The summed E-state index contributed by atoms with van der Waals surface area (Å²) in [6.45, 7) is 0. The molecule has 1 aromatic rings. The minimum Gasteiger partial charge on any atom is -0.469 e. The highest BCUT2D eigenvalue weighted by molar-refractivity contribution is 9.08. The van der Waals surface area contributed by atoms with Crippen LogP contribution in [0.25, 0.3) is 0 Å². The maximum absolute atomic E-state index is 12.9. The summed E-state index contributed by atoms with van der Waals surface area (Å²) in [5, 5.41) is 8.77. The number of ether oxygens (including phenoxy) is 1. The number of methoxy groups -OCH3 is 1. The third kappa shape index (κ3) is 3.70. The predicted octanol–water partition coefficient (Wildman–Crippen LogP) is 3.19. The van der Waals surface area contributed by atoms with Gasteiger partial charge in [-0.15, -0.1) is 0 Å². The second kappa shape index (κ2) is 6.06. The van der Waals surface area contributed by atoms with E-state index in [2.05, 4.69) is 20.7 Å². The molecule has 1 rings (SSSR count). The van der Waals surface area contributed by atoms with Crippen LogP contribution < -0.4 is 0 Å². The Morgan fingerprint density at radius 3 is 2.53 bits per heavy atom. The van der Waals surface area contributed by atoms with E-state index in [9.17, 15) is 18.0 Å². The van der Waals surface area contributed by atoms with E-state index in [4.69, 9.17) is 5.26 Å². The molecule has 0 spiro atoms. The van der Waals surface area contributed by atoms with Gasteiger partial charge in [0.25, 0.3) is 0 Å². The fraction of sp³-hybridized carbons (Fsp3) is 0.333. The molecule has 0 aliphatic carbocycles. The predicted molar refractivity (Wildman–Crippen MR) is 64.5 cm³/mol. The van der Waals surface area contributed by atoms with Gasteiger partial charge in [-0.2, -0.15) is 18.4 Å². The van der Waals surface area contributed by atoms with Crippen molar-refractivity contribution in [3.8, 4) is 6.07 Å². The highest BCUT2D eigenvalue weighted by atomic mass is 79.9. The summed E-state index contributed by atoms with van der Waals surface area (Å²) in [4.78, 5) is 11.1. The number of esters is 1. The fourth-order valence-electron chi connectivity index (χ4n) is 1.64. The first-order chi connectivity index (χ1) is 8.83. The number of hydrogen-bond acceptors (Lipinski definition) is 3. The minimum absolute atomic E-state index is 0.0640. The zero-order chi connectivity index (χ0) is 14.6. The molecule has 0 radical (unpaired) electrons. The van der Waals surface area contributed by atoms with E-state index in [-0.39, 0.29) is 17.3 Å². The molecule has 0 amide bonds. The first-order valence-corrected chi connectivity index (χ1v) is 6.21. The van der Waals surface area contributed by atoms with Crippen LogP contribution in [0.1, 0.15) is 22.3 Å². The van der Waals surface area contributed by atoms with E-state index < -0.39 is 23.3 Å². The van der Waals surface area contributed by atoms with Crippen molar-refractivity contribution in [2.24, 2.45) is 0 Å². The van der Waals surface area contributed by atoms with Gasteiger partial charge in [0, 0.05) is 5.33 Å². The maximum Gasteiger partial charge on any atom is 0.417 e. The Labute approximate surface area is 116 Å². The lowest BCUT2D eigenvalue weighted by molar-refractivity contribution is -0.139. The molecule has 0 unspecified atom stereocenters. The molecule has 0 N–H and O–H groups in total. The highest BCUT2D eigenvalue weighted by Gasteiger charge is 2.36. The molecule has 19 heavy (non-hydrogen) atoms. The highest BCUT2D eigenvalue weighted by Crippen LogP contribution is 2.36. The van der Waals surface area contributed by atoms with Crippen LogP contribution in [0.2, 0.25) is 0 Å². The van der Waals surface area contributed by atoms with Crippen LogP contribution in [0.5, 0.6) is 0 Å². The van der Waals surface area contributed by atoms with Crippen molar-refractivity contribution in [2.75, 3.05) is 7.11 Å². The topological polar surface area (TPSA) is 50.1 Å². The first kappa shape index (κ1) is 15.5. The molecule has 3 nitrogen and oxygen atoms in total. The van der Waals surface area contributed by atoms with E-state index in [0.717, 1.165) is 6.07 Å². The standard InChI is InChI=1S/C12H9BrF3NO2/c1-19-10(18)4-7-2-8(5-13)11(12(14,15)16)9(3-7)6-17/h2-3H,4-5H2,1H3. The van der Waals surface area contributed by atoms with Crippen molar-refractivity contribution >= 4 is 21.9 Å². The lowest BCUT2D eigenvalue weighted by Crippen LogP contribution is -2.13. The Hall–Kier alpha value is -1.55. The van der Waals surface area contributed by atoms with Gasteiger partial charge in [-0.25, -0.2) is 0 Å². The Morgan fingerprint density at radius 2 is 2.11 bits per heavy atom. The van der Waals surface area contributed by atoms with Crippen LogP contribution in [0, 0.1) is 11.3 Å². The van der Waals surface area contributed by atoms with Gasteiger partial charge < -0.3 is 4.74 Å². The van der Waals surface area contributed by atoms with Crippen molar-refractivity contribution in [3.63, 3.8) is 0 Å². The number of carbonyl (C=O) groups is 1. The van der Waals surface area contributed by atoms with Crippen LogP contribution >= 0.6 is 15.9 Å². The average Bonchev–Trinajstić information content (AvgIpc) is 2.35. The molecule has 0 aromatic heterocycles. The van der Waals surface area contributed by atoms with Gasteiger partial charge in [0.2, 0.25) is 0 Å². The maximum atomic E-state index is 12.9. The first-order valence-electron chi connectivity index (χ1n) is 5.09. The Morgan fingerprint density at radius 1 is 1.47 bits per heavy atom. The molecule has 0 saturated heterocycles. The summed E-state index contributed by atoms with van der Waals surface area (Å²) in [6, 6.07) is 3.82. The summed E-state index contributed by atoms with van der Waals surface area (Å²) in [7, 11) is 1.18. The van der Waals surface area contributed by atoms with E-state index in [0.29, 0.717) is 5.56 Å². The molecule has 0 fully saturated rings. The summed E-state index contributed by atoms with van der Waals surface area (Å²) < 4.78 is 43.1. The number of alkyl halides is 4. The largest absolute Gasteiger partial charge is 0.469 e. The molecule has 7 heteroatoms. The second-order valence-electron chi connectivity index (χ2n) is 3.67. The second-order valence-corrected chi connectivity index (χ2v) is 4.23. The molecular weight excluding hydrogens is 327 g/mol. The zero-order valence-corrected chi connectivity index (χ0v) is 11.4. The molecule has 1 aromatic carbocycles. The van der Waals surface area contributed by atoms with E-state index in [1.54, 1.807) is 0 Å². The molecule has 0 saturated carbocycles. The van der Waals surface area contributed by atoms with Crippen molar-refractivity contribution in [1.82, 2.24) is 0 Å². The normalized spacial score (nSPS) is 10.9. The third-order valence-corrected chi connectivity index (χ3v) is 3.01. The van der Waals surface area contributed by atoms with Crippen molar-refractivity contribution < 1.29 is 22.7 Å². The molecule has 0 atom stereocenters. The number of carbonyl (C=O) groups excluding carboxylic acids is 1. The van der Waals surface area contributed by atoms with Crippen molar-refractivity contribution in [1.29, 1.82) is 5.26 Å². The SMILES string of the molecule is COC(=O)Cc1cc(C#N)c(C(F)(F)F)c(CBr)c1. The van der Waals surface area contributed by atoms with Crippen LogP contribution in [0.4, 0.5) is 13.2 Å². The van der Waals surface area contributed by atoms with Gasteiger partial charge >= 0.3 is 12.1 Å². The summed E-state index contributed by atoms with van der Waals surface area (Å²) >= 11 is 2.96. The van der Waals surface area contributed by atoms with Gasteiger partial charge in [-0.3, -0.25) is 4.79 Å². The van der Waals surface area contributed by atoms with Gasteiger partial charge in [-0.1, -0.05) is 22.0 Å². The number of halogens is 4. The van der Waals surface area contributed by atoms with Gasteiger partial charge in [0.05, 0.1) is 30.7 Å². The Kier molecular flexibility index (Phi) is 4.95. The number of hydrogen-bond donors (Lipinski definition) is 0. The van der Waals surface area contributed by atoms with Crippen molar-refractivity contribution in [2.45, 2.75) is 17.9 Å². The monoisotopic (exact) mass is 335 g/mol. The van der Waals surface area contributed by atoms with Crippen LogP contribution in [0.3, 0.4) is 0 Å². The van der Waals surface area contributed by atoms with Crippen molar-refractivity contribution in [3.05, 3.63) is 34.4 Å². The lowest BCUT2D eigenvalue weighted by Gasteiger charge is -2.14. The summed E-state index contributed by atoms with van der Waals surface area (Å²) in [5.74, 6) is -0.579. The van der Waals surface area contributed by atoms with Gasteiger partial charge in [0.1, 0.15) is 0 Å². The minimum atomic E-state index is -4.61. The average molecular weight is 336 g/mol. The van der Waals surface area contributed by atoms with Crippen LogP contribution in [-0.4, -0.2) is 13.1 Å². The number of rotatable bonds is 3.